The van der Waals surface area contributed by atoms with E-state index in [1.54, 1.807) is 12.1 Å². The van der Waals surface area contributed by atoms with Crippen LogP contribution in [0.25, 0.3) is 0 Å². The maximum absolute atomic E-state index is 13.5. The highest BCUT2D eigenvalue weighted by Crippen LogP contribution is 2.29. The maximum Gasteiger partial charge on any atom is 0.129 e. The van der Waals surface area contributed by atoms with Gasteiger partial charge in [-0.25, -0.2) is 4.39 Å². The normalized spacial score (nSPS) is 24.2. The van der Waals surface area contributed by atoms with Crippen LogP contribution < -0.4 is 5.32 Å². The fourth-order valence-corrected chi connectivity index (χ4v) is 2.75. The van der Waals surface area contributed by atoms with Crippen molar-refractivity contribution in [2.45, 2.75) is 32.7 Å². The van der Waals surface area contributed by atoms with Crippen LogP contribution in [0.3, 0.4) is 0 Å². The highest BCUT2D eigenvalue weighted by atomic mass is 35.5. The Bertz CT molecular complexity index is 380. The molecule has 2 atom stereocenters. The second-order valence-electron chi connectivity index (χ2n) is 5.15. The van der Waals surface area contributed by atoms with E-state index in [-0.39, 0.29) is 5.82 Å². The molecule has 0 heterocycles. The van der Waals surface area contributed by atoms with Crippen molar-refractivity contribution in [2.75, 3.05) is 6.54 Å². The highest BCUT2D eigenvalue weighted by molar-refractivity contribution is 6.30. The zero-order valence-electron chi connectivity index (χ0n) is 10.2. The fraction of sp³-hybridized carbons (Fsp3) is 0.571. The molecule has 0 bridgehead atoms. The summed E-state index contributed by atoms with van der Waals surface area (Å²) in [5, 5.41) is 3.80. The minimum atomic E-state index is -0.218. The molecule has 1 fully saturated rings. The van der Waals surface area contributed by atoms with Crippen molar-refractivity contribution >= 4 is 11.6 Å². The first kappa shape index (κ1) is 12.8. The van der Waals surface area contributed by atoms with E-state index in [0.29, 0.717) is 17.1 Å². The van der Waals surface area contributed by atoms with Gasteiger partial charge in [-0.1, -0.05) is 31.0 Å². The molecular weight excluding hydrogens is 237 g/mol. The monoisotopic (exact) mass is 255 g/mol. The quantitative estimate of drug-likeness (QED) is 0.857. The summed E-state index contributed by atoms with van der Waals surface area (Å²) in [5.41, 5.74) is 0.695. The minimum absolute atomic E-state index is 0.218. The molecule has 0 radical (unpaired) electrons. The first-order valence-corrected chi connectivity index (χ1v) is 6.67. The molecule has 3 heteroatoms. The predicted molar refractivity (Wildman–Crippen MR) is 69.6 cm³/mol. The smallest absolute Gasteiger partial charge is 0.129 e. The SMILES string of the molecule is CC1CCC(CNCc2ccc(Cl)cc2F)C1. The Hall–Kier alpha value is -0.600. The van der Waals surface area contributed by atoms with Gasteiger partial charge >= 0.3 is 0 Å². The van der Waals surface area contributed by atoms with Crippen molar-refractivity contribution in [2.24, 2.45) is 11.8 Å². The molecule has 1 nitrogen and oxygen atoms in total. The third kappa shape index (κ3) is 3.68. The van der Waals surface area contributed by atoms with Crippen LogP contribution in [0.15, 0.2) is 18.2 Å². The Morgan fingerprint density at radius 2 is 2.24 bits per heavy atom. The van der Waals surface area contributed by atoms with Crippen LogP contribution in [-0.4, -0.2) is 6.54 Å². The second-order valence-corrected chi connectivity index (χ2v) is 5.59. The summed E-state index contributed by atoms with van der Waals surface area (Å²) in [4.78, 5) is 0. The van der Waals surface area contributed by atoms with E-state index >= 15 is 0 Å². The van der Waals surface area contributed by atoms with Crippen molar-refractivity contribution in [3.63, 3.8) is 0 Å². The van der Waals surface area contributed by atoms with E-state index in [1.807, 2.05) is 0 Å². The number of nitrogens with one attached hydrogen (secondary N) is 1. The van der Waals surface area contributed by atoms with Gasteiger partial charge in [-0.3, -0.25) is 0 Å². The summed E-state index contributed by atoms with van der Waals surface area (Å²) in [6, 6.07) is 4.86. The van der Waals surface area contributed by atoms with Crippen LogP contribution in [0.2, 0.25) is 5.02 Å². The summed E-state index contributed by atoms with van der Waals surface area (Å²) in [6.07, 6.45) is 3.94. The Morgan fingerprint density at radius 1 is 1.41 bits per heavy atom. The van der Waals surface area contributed by atoms with Gasteiger partial charge in [-0.05, 0) is 43.4 Å². The molecule has 1 saturated carbocycles. The van der Waals surface area contributed by atoms with Crippen LogP contribution in [0.5, 0.6) is 0 Å². The molecule has 1 N–H and O–H groups in total. The zero-order valence-corrected chi connectivity index (χ0v) is 10.9. The van der Waals surface area contributed by atoms with Crippen LogP contribution in [-0.2, 0) is 6.54 Å². The Labute approximate surface area is 107 Å². The maximum atomic E-state index is 13.5. The van der Waals surface area contributed by atoms with Crippen molar-refractivity contribution in [3.05, 3.63) is 34.6 Å². The lowest BCUT2D eigenvalue weighted by molar-refractivity contribution is 0.466. The first-order valence-electron chi connectivity index (χ1n) is 6.30. The lowest BCUT2D eigenvalue weighted by atomic mass is 10.1. The van der Waals surface area contributed by atoms with E-state index in [4.69, 9.17) is 11.6 Å². The van der Waals surface area contributed by atoms with E-state index in [1.165, 1.54) is 25.3 Å². The van der Waals surface area contributed by atoms with Gasteiger partial charge in [-0.2, -0.15) is 0 Å². The lowest BCUT2D eigenvalue weighted by Gasteiger charge is -2.11. The van der Waals surface area contributed by atoms with Crippen molar-refractivity contribution in [3.8, 4) is 0 Å². The van der Waals surface area contributed by atoms with Gasteiger partial charge in [0.05, 0.1) is 0 Å². The minimum Gasteiger partial charge on any atom is -0.312 e. The van der Waals surface area contributed by atoms with Gasteiger partial charge < -0.3 is 5.32 Å². The van der Waals surface area contributed by atoms with Crippen LogP contribution >= 0.6 is 11.6 Å². The lowest BCUT2D eigenvalue weighted by Crippen LogP contribution is -2.21. The number of halogens is 2. The molecular formula is C14H19ClFN. The number of benzene rings is 1. The molecule has 0 aliphatic heterocycles. The molecule has 2 rings (SSSR count). The molecule has 94 valence electrons. The Balaban J connectivity index is 1.78. The average molecular weight is 256 g/mol. The summed E-state index contributed by atoms with van der Waals surface area (Å²) in [6.45, 7) is 3.89. The zero-order chi connectivity index (χ0) is 12.3. The summed E-state index contributed by atoms with van der Waals surface area (Å²) in [5.74, 6) is 1.40. The number of rotatable bonds is 4. The van der Waals surface area contributed by atoms with Gasteiger partial charge in [-0.15, -0.1) is 0 Å². The Morgan fingerprint density at radius 3 is 2.88 bits per heavy atom. The molecule has 1 aromatic rings. The van der Waals surface area contributed by atoms with E-state index in [2.05, 4.69) is 12.2 Å². The van der Waals surface area contributed by atoms with Gasteiger partial charge in [0.2, 0.25) is 0 Å². The standard InChI is InChI=1S/C14H19ClFN/c1-10-2-3-11(6-10)8-17-9-12-4-5-13(15)7-14(12)16/h4-5,7,10-11,17H,2-3,6,8-9H2,1H3. The molecule has 0 saturated heterocycles. The van der Waals surface area contributed by atoms with Crippen LogP contribution in [0.4, 0.5) is 4.39 Å². The molecule has 17 heavy (non-hydrogen) atoms. The van der Waals surface area contributed by atoms with Crippen LogP contribution in [0.1, 0.15) is 31.7 Å². The van der Waals surface area contributed by atoms with Crippen molar-refractivity contribution in [1.82, 2.24) is 5.32 Å². The van der Waals surface area contributed by atoms with E-state index in [9.17, 15) is 4.39 Å². The molecule has 1 aliphatic carbocycles. The number of hydrogen-bond donors (Lipinski definition) is 1. The first-order chi connectivity index (χ1) is 8.15. The molecule has 1 aliphatic rings. The topological polar surface area (TPSA) is 12.0 Å². The van der Waals surface area contributed by atoms with E-state index < -0.39 is 0 Å². The van der Waals surface area contributed by atoms with Crippen molar-refractivity contribution in [1.29, 1.82) is 0 Å². The van der Waals surface area contributed by atoms with Gasteiger partial charge in [0.1, 0.15) is 5.82 Å². The van der Waals surface area contributed by atoms with Gasteiger partial charge in [0, 0.05) is 17.1 Å². The molecule has 0 aromatic heterocycles. The molecule has 2 unspecified atom stereocenters. The largest absolute Gasteiger partial charge is 0.312 e. The molecule has 1 aromatic carbocycles. The van der Waals surface area contributed by atoms with Crippen molar-refractivity contribution < 1.29 is 4.39 Å². The fourth-order valence-electron chi connectivity index (χ4n) is 2.59. The third-order valence-corrected chi connectivity index (χ3v) is 3.80. The second kappa shape index (κ2) is 5.83. The molecule has 0 amide bonds. The predicted octanol–water partition coefficient (Wildman–Crippen LogP) is 4.00. The summed E-state index contributed by atoms with van der Waals surface area (Å²) < 4.78 is 13.5. The molecule has 0 spiro atoms. The van der Waals surface area contributed by atoms with Gasteiger partial charge in [0.25, 0.3) is 0 Å². The van der Waals surface area contributed by atoms with Gasteiger partial charge in [0.15, 0.2) is 0 Å². The van der Waals surface area contributed by atoms with E-state index in [0.717, 1.165) is 18.4 Å². The Kier molecular flexibility index (Phi) is 4.41. The summed E-state index contributed by atoms with van der Waals surface area (Å²) in [7, 11) is 0. The van der Waals surface area contributed by atoms with Crippen LogP contribution in [0, 0.1) is 17.7 Å². The summed E-state index contributed by atoms with van der Waals surface area (Å²) >= 11 is 5.71. The average Bonchev–Trinajstić information content (AvgIpc) is 2.68. The number of hydrogen-bond acceptors (Lipinski definition) is 1. The highest BCUT2D eigenvalue weighted by Gasteiger charge is 2.20. The third-order valence-electron chi connectivity index (χ3n) is 3.57.